The molecule has 1 aromatic carbocycles. The van der Waals surface area contributed by atoms with Crippen LogP contribution in [0.3, 0.4) is 0 Å². The first-order valence-electron chi connectivity index (χ1n) is 6.79. The van der Waals surface area contributed by atoms with E-state index in [1.54, 1.807) is 11.5 Å². The summed E-state index contributed by atoms with van der Waals surface area (Å²) in [5.74, 6) is 0. The van der Waals surface area contributed by atoms with Crippen molar-refractivity contribution < 1.29 is 4.74 Å². The highest BCUT2D eigenvalue weighted by atomic mass is 32.1. The average Bonchev–Trinajstić information content (AvgIpc) is 2.89. The lowest BCUT2D eigenvalue weighted by Crippen LogP contribution is -2.50. The molecule has 1 aliphatic rings. The Balaban J connectivity index is 1.89. The smallest absolute Gasteiger partial charge is 0.120 e. The number of nitrogens with zero attached hydrogens (tertiary/aromatic N) is 2. The number of fused-ring (bicyclic) bond motifs is 1. The van der Waals surface area contributed by atoms with Crippen LogP contribution in [0.4, 0.5) is 5.00 Å². The summed E-state index contributed by atoms with van der Waals surface area (Å²) >= 11 is 1.60. The topological polar surface area (TPSA) is 37.4 Å². The standard InChI is InChI=1S/C14H19N3OS/c1-2-15-9-11-10-18-8-7-17(11)14-12-5-3-4-6-13(12)16-19-14/h3-6,11,15H,2,7-10H2,1H3. The van der Waals surface area contributed by atoms with Crippen molar-refractivity contribution in [2.75, 3.05) is 37.7 Å². The van der Waals surface area contributed by atoms with E-state index in [1.807, 2.05) is 6.07 Å². The normalized spacial score (nSPS) is 20.1. The molecule has 3 rings (SSSR count). The van der Waals surface area contributed by atoms with Gasteiger partial charge in [-0.2, -0.15) is 4.37 Å². The maximum Gasteiger partial charge on any atom is 0.120 e. The van der Waals surface area contributed by atoms with Crippen LogP contribution in [0, 0.1) is 0 Å². The zero-order valence-electron chi connectivity index (χ0n) is 11.1. The van der Waals surface area contributed by atoms with Crippen molar-refractivity contribution in [3.63, 3.8) is 0 Å². The van der Waals surface area contributed by atoms with E-state index in [-0.39, 0.29) is 0 Å². The van der Waals surface area contributed by atoms with Crippen molar-refractivity contribution in [1.29, 1.82) is 0 Å². The van der Waals surface area contributed by atoms with Crippen LogP contribution in [0.5, 0.6) is 0 Å². The summed E-state index contributed by atoms with van der Waals surface area (Å²) in [6.45, 7) is 6.63. The zero-order valence-corrected chi connectivity index (χ0v) is 11.9. The molecular weight excluding hydrogens is 258 g/mol. The zero-order chi connectivity index (χ0) is 13.1. The molecule has 0 spiro atoms. The molecule has 0 bridgehead atoms. The van der Waals surface area contributed by atoms with Crippen LogP contribution in [0.2, 0.25) is 0 Å². The number of nitrogens with one attached hydrogen (secondary N) is 1. The minimum Gasteiger partial charge on any atom is -0.377 e. The molecule has 2 aromatic rings. The Hall–Kier alpha value is -1.17. The Morgan fingerprint density at radius 2 is 2.37 bits per heavy atom. The van der Waals surface area contributed by atoms with Gasteiger partial charge in [0.05, 0.1) is 24.8 Å². The number of aromatic nitrogens is 1. The largest absolute Gasteiger partial charge is 0.377 e. The van der Waals surface area contributed by atoms with Crippen LogP contribution >= 0.6 is 11.5 Å². The minimum absolute atomic E-state index is 0.401. The third-order valence-corrected chi connectivity index (χ3v) is 4.40. The molecule has 0 amide bonds. The molecule has 0 radical (unpaired) electrons. The summed E-state index contributed by atoms with van der Waals surface area (Å²) in [5, 5.41) is 5.96. The van der Waals surface area contributed by atoms with E-state index in [2.05, 4.69) is 39.7 Å². The Bertz CT molecular complexity index is 542. The number of rotatable bonds is 4. The monoisotopic (exact) mass is 277 g/mol. The lowest BCUT2D eigenvalue weighted by atomic mass is 10.2. The van der Waals surface area contributed by atoms with Crippen LogP contribution in [-0.2, 0) is 4.74 Å². The van der Waals surface area contributed by atoms with Crippen LogP contribution < -0.4 is 10.2 Å². The molecule has 19 heavy (non-hydrogen) atoms. The van der Waals surface area contributed by atoms with Gasteiger partial charge in [0.1, 0.15) is 5.00 Å². The van der Waals surface area contributed by atoms with E-state index in [1.165, 1.54) is 10.4 Å². The van der Waals surface area contributed by atoms with Gasteiger partial charge < -0.3 is 15.0 Å². The third kappa shape index (κ3) is 2.59. The fourth-order valence-electron chi connectivity index (χ4n) is 2.49. The molecule has 1 saturated heterocycles. The Kier molecular flexibility index (Phi) is 3.96. The number of likely N-dealkylation sites (N-methyl/N-ethyl adjacent to an activating group) is 1. The summed E-state index contributed by atoms with van der Waals surface area (Å²) in [5.41, 5.74) is 1.09. The Morgan fingerprint density at radius 3 is 3.26 bits per heavy atom. The average molecular weight is 277 g/mol. The molecule has 4 nitrogen and oxygen atoms in total. The highest BCUT2D eigenvalue weighted by Crippen LogP contribution is 2.33. The number of anilines is 1. The predicted molar refractivity (Wildman–Crippen MR) is 80.1 cm³/mol. The summed E-state index contributed by atoms with van der Waals surface area (Å²) in [6, 6.07) is 8.77. The molecule has 5 heteroatoms. The number of ether oxygens (including phenoxy) is 1. The summed E-state index contributed by atoms with van der Waals surface area (Å²) in [4.78, 5) is 2.45. The van der Waals surface area contributed by atoms with E-state index in [0.717, 1.165) is 38.4 Å². The van der Waals surface area contributed by atoms with E-state index < -0.39 is 0 Å². The molecule has 1 aromatic heterocycles. The van der Waals surface area contributed by atoms with Gasteiger partial charge in [-0.05, 0) is 30.2 Å². The number of benzene rings is 1. The maximum atomic E-state index is 5.62. The molecule has 1 unspecified atom stereocenters. The van der Waals surface area contributed by atoms with Crippen molar-refractivity contribution in [2.24, 2.45) is 0 Å². The Morgan fingerprint density at radius 1 is 1.47 bits per heavy atom. The predicted octanol–water partition coefficient (Wildman–Crippen LogP) is 2.11. The van der Waals surface area contributed by atoms with Gasteiger partial charge in [-0.1, -0.05) is 19.1 Å². The second-order valence-electron chi connectivity index (χ2n) is 4.73. The van der Waals surface area contributed by atoms with Gasteiger partial charge in [0.25, 0.3) is 0 Å². The second-order valence-corrected chi connectivity index (χ2v) is 5.49. The molecule has 102 valence electrons. The quantitative estimate of drug-likeness (QED) is 0.929. The fourth-order valence-corrected chi connectivity index (χ4v) is 3.45. The van der Waals surface area contributed by atoms with Gasteiger partial charge in [-0.25, -0.2) is 0 Å². The lowest BCUT2D eigenvalue weighted by molar-refractivity contribution is 0.0944. The molecule has 1 atom stereocenters. The second kappa shape index (κ2) is 5.86. The van der Waals surface area contributed by atoms with Gasteiger partial charge in [-0.3, -0.25) is 0 Å². The van der Waals surface area contributed by atoms with Crippen LogP contribution in [-0.4, -0.2) is 43.3 Å². The van der Waals surface area contributed by atoms with Gasteiger partial charge in [0, 0.05) is 18.5 Å². The van der Waals surface area contributed by atoms with Crippen molar-refractivity contribution in [3.8, 4) is 0 Å². The van der Waals surface area contributed by atoms with E-state index >= 15 is 0 Å². The summed E-state index contributed by atoms with van der Waals surface area (Å²) in [7, 11) is 0. The van der Waals surface area contributed by atoms with Gasteiger partial charge >= 0.3 is 0 Å². The SMILES string of the molecule is CCNCC1COCCN1c1snc2ccccc12. The van der Waals surface area contributed by atoms with Crippen molar-refractivity contribution in [3.05, 3.63) is 24.3 Å². The molecule has 1 fully saturated rings. The summed E-state index contributed by atoms with van der Waals surface area (Å²) in [6.07, 6.45) is 0. The molecule has 1 N–H and O–H groups in total. The first-order chi connectivity index (χ1) is 9.40. The molecule has 2 heterocycles. The van der Waals surface area contributed by atoms with Crippen LogP contribution in [0.25, 0.3) is 10.9 Å². The van der Waals surface area contributed by atoms with Crippen LogP contribution in [0.15, 0.2) is 24.3 Å². The van der Waals surface area contributed by atoms with E-state index in [9.17, 15) is 0 Å². The fraction of sp³-hybridized carbons (Fsp3) is 0.500. The highest BCUT2D eigenvalue weighted by Gasteiger charge is 2.25. The number of hydrogen-bond donors (Lipinski definition) is 1. The van der Waals surface area contributed by atoms with E-state index in [0.29, 0.717) is 6.04 Å². The maximum absolute atomic E-state index is 5.62. The highest BCUT2D eigenvalue weighted by molar-refractivity contribution is 7.11. The number of hydrogen-bond acceptors (Lipinski definition) is 5. The van der Waals surface area contributed by atoms with Crippen molar-refractivity contribution in [1.82, 2.24) is 9.69 Å². The minimum atomic E-state index is 0.401. The van der Waals surface area contributed by atoms with E-state index in [4.69, 9.17) is 4.74 Å². The lowest BCUT2D eigenvalue weighted by Gasteiger charge is -2.36. The molecule has 1 aliphatic heterocycles. The molecule has 0 saturated carbocycles. The first-order valence-corrected chi connectivity index (χ1v) is 7.57. The number of morpholine rings is 1. The summed E-state index contributed by atoms with van der Waals surface area (Å²) < 4.78 is 10.2. The first kappa shape index (κ1) is 12.8. The van der Waals surface area contributed by atoms with Gasteiger partial charge in [0.15, 0.2) is 0 Å². The third-order valence-electron chi connectivity index (χ3n) is 3.48. The van der Waals surface area contributed by atoms with Crippen molar-refractivity contribution in [2.45, 2.75) is 13.0 Å². The van der Waals surface area contributed by atoms with Gasteiger partial charge in [0.2, 0.25) is 0 Å². The Labute approximate surface area is 117 Å². The molecule has 0 aliphatic carbocycles. The van der Waals surface area contributed by atoms with Crippen LogP contribution in [0.1, 0.15) is 6.92 Å². The van der Waals surface area contributed by atoms with Gasteiger partial charge in [-0.15, -0.1) is 0 Å². The molecular formula is C14H19N3OS. The van der Waals surface area contributed by atoms with Crippen molar-refractivity contribution >= 4 is 27.4 Å².